The highest BCUT2D eigenvalue weighted by Gasteiger charge is 2.22. The topological polar surface area (TPSA) is 49.3 Å². The van der Waals surface area contributed by atoms with Crippen LogP contribution < -0.4 is 5.32 Å². The summed E-state index contributed by atoms with van der Waals surface area (Å²) in [6, 6.07) is 0.139. The minimum absolute atomic E-state index is 0.139. The van der Waals surface area contributed by atoms with Crippen molar-refractivity contribution >= 4 is 18.6 Å². The number of carboxylic acids is 1. The number of hydrogen-bond donors (Lipinski definition) is 3. The summed E-state index contributed by atoms with van der Waals surface area (Å²) in [5.74, 6) is -0.736. The molecule has 58 valence electrons. The Morgan fingerprint density at radius 1 is 1.80 bits per heavy atom. The maximum absolute atomic E-state index is 10.2. The summed E-state index contributed by atoms with van der Waals surface area (Å²) in [7, 11) is 0. The van der Waals surface area contributed by atoms with E-state index in [1.54, 1.807) is 0 Å². The highest BCUT2D eigenvalue weighted by molar-refractivity contribution is 7.81. The second kappa shape index (κ2) is 3.25. The first-order chi connectivity index (χ1) is 4.68. The number of nitrogens with one attached hydrogen (secondary N) is 1. The normalized spacial score (nSPS) is 32.5. The van der Waals surface area contributed by atoms with Gasteiger partial charge in [-0.15, -0.1) is 0 Å². The zero-order chi connectivity index (χ0) is 7.56. The first-order valence-electron chi connectivity index (χ1n) is 3.31. The van der Waals surface area contributed by atoms with Gasteiger partial charge in [-0.05, 0) is 6.42 Å². The van der Waals surface area contributed by atoms with Crippen LogP contribution in [-0.2, 0) is 4.79 Å². The van der Waals surface area contributed by atoms with Crippen LogP contribution >= 0.6 is 12.6 Å². The van der Waals surface area contributed by atoms with E-state index in [-0.39, 0.29) is 12.5 Å². The van der Waals surface area contributed by atoms with Gasteiger partial charge >= 0.3 is 5.97 Å². The Hall–Kier alpha value is -0.220. The summed E-state index contributed by atoms with van der Waals surface area (Å²) in [6.07, 6.45) is 1.09. The standard InChI is InChI=1S/C6H11NO2S/c8-6(9)2-4-1-5(10)3-7-4/h4-5,7,10H,1-3H2,(H,8,9)/t4-,5-/m0/s1. The smallest absolute Gasteiger partial charge is 0.304 e. The van der Waals surface area contributed by atoms with E-state index in [4.69, 9.17) is 5.11 Å². The molecule has 1 aliphatic rings. The van der Waals surface area contributed by atoms with Crippen LogP contribution in [0, 0.1) is 0 Å². The molecule has 10 heavy (non-hydrogen) atoms. The molecule has 0 aromatic heterocycles. The third kappa shape index (κ3) is 2.19. The van der Waals surface area contributed by atoms with Gasteiger partial charge in [-0.3, -0.25) is 4.79 Å². The van der Waals surface area contributed by atoms with Gasteiger partial charge in [0, 0.05) is 17.8 Å². The van der Waals surface area contributed by atoms with Gasteiger partial charge in [-0.25, -0.2) is 0 Å². The minimum Gasteiger partial charge on any atom is -0.481 e. The SMILES string of the molecule is O=C(O)C[C@@H]1C[C@H](S)CN1. The van der Waals surface area contributed by atoms with Crippen LogP contribution in [0.4, 0.5) is 0 Å². The van der Waals surface area contributed by atoms with Crippen molar-refractivity contribution in [2.45, 2.75) is 24.1 Å². The van der Waals surface area contributed by atoms with Crippen molar-refractivity contribution in [2.75, 3.05) is 6.54 Å². The molecule has 0 aromatic carbocycles. The van der Waals surface area contributed by atoms with Crippen LogP contribution in [0.2, 0.25) is 0 Å². The van der Waals surface area contributed by atoms with Gasteiger partial charge < -0.3 is 10.4 Å². The zero-order valence-electron chi connectivity index (χ0n) is 5.58. The van der Waals surface area contributed by atoms with Crippen LogP contribution in [0.3, 0.4) is 0 Å². The zero-order valence-corrected chi connectivity index (χ0v) is 6.47. The first-order valence-corrected chi connectivity index (χ1v) is 3.83. The van der Waals surface area contributed by atoms with Gasteiger partial charge in [-0.2, -0.15) is 12.6 Å². The fraction of sp³-hybridized carbons (Fsp3) is 0.833. The molecule has 1 aliphatic heterocycles. The molecule has 1 fully saturated rings. The third-order valence-corrected chi connectivity index (χ3v) is 2.01. The molecule has 2 N–H and O–H groups in total. The molecule has 0 aromatic rings. The minimum atomic E-state index is -0.736. The Bertz CT molecular complexity index is 140. The van der Waals surface area contributed by atoms with E-state index in [0.29, 0.717) is 5.25 Å². The quantitative estimate of drug-likeness (QED) is 0.504. The van der Waals surface area contributed by atoms with Gasteiger partial charge in [0.25, 0.3) is 0 Å². The van der Waals surface area contributed by atoms with Gasteiger partial charge in [0.1, 0.15) is 0 Å². The molecule has 0 aliphatic carbocycles. The van der Waals surface area contributed by atoms with E-state index in [2.05, 4.69) is 17.9 Å². The second-order valence-corrected chi connectivity index (χ2v) is 3.32. The summed E-state index contributed by atoms with van der Waals surface area (Å²) in [5.41, 5.74) is 0. The molecular weight excluding hydrogens is 150 g/mol. The lowest BCUT2D eigenvalue weighted by molar-refractivity contribution is -0.137. The average molecular weight is 161 g/mol. The Labute approximate surface area is 65.2 Å². The first kappa shape index (κ1) is 7.88. The predicted octanol–water partition coefficient (Wildman–Crippen LogP) is 0.121. The third-order valence-electron chi connectivity index (χ3n) is 1.62. The Balaban J connectivity index is 2.24. The van der Waals surface area contributed by atoms with Crippen molar-refractivity contribution in [1.82, 2.24) is 5.32 Å². The van der Waals surface area contributed by atoms with E-state index in [1.807, 2.05) is 0 Å². The number of carbonyl (C=O) groups is 1. The number of thiol groups is 1. The molecular formula is C6H11NO2S. The molecule has 4 heteroatoms. The van der Waals surface area contributed by atoms with Gasteiger partial charge in [0.15, 0.2) is 0 Å². The predicted molar refractivity (Wildman–Crippen MR) is 41.4 cm³/mol. The fourth-order valence-corrected chi connectivity index (χ4v) is 1.52. The van der Waals surface area contributed by atoms with Crippen LogP contribution in [0.15, 0.2) is 0 Å². The summed E-state index contributed by atoms with van der Waals surface area (Å²) in [4.78, 5) is 10.2. The monoisotopic (exact) mass is 161 g/mol. The Morgan fingerprint density at radius 2 is 2.50 bits per heavy atom. The highest BCUT2D eigenvalue weighted by atomic mass is 32.1. The molecule has 0 unspecified atom stereocenters. The van der Waals surface area contributed by atoms with Gasteiger partial charge in [0.2, 0.25) is 0 Å². The molecule has 0 spiro atoms. The van der Waals surface area contributed by atoms with Crippen molar-refractivity contribution in [2.24, 2.45) is 0 Å². The lowest BCUT2D eigenvalue weighted by Crippen LogP contribution is -2.24. The van der Waals surface area contributed by atoms with Crippen molar-refractivity contribution in [1.29, 1.82) is 0 Å². The van der Waals surface area contributed by atoms with Gasteiger partial charge in [0.05, 0.1) is 6.42 Å². The van der Waals surface area contributed by atoms with E-state index in [9.17, 15) is 4.79 Å². The summed E-state index contributed by atoms with van der Waals surface area (Å²) < 4.78 is 0. The van der Waals surface area contributed by atoms with Crippen molar-refractivity contribution < 1.29 is 9.90 Å². The van der Waals surface area contributed by atoms with Crippen molar-refractivity contribution in [3.05, 3.63) is 0 Å². The maximum atomic E-state index is 10.2. The van der Waals surface area contributed by atoms with Crippen LogP contribution in [0.1, 0.15) is 12.8 Å². The molecule has 2 atom stereocenters. The lowest BCUT2D eigenvalue weighted by atomic mass is 10.2. The summed E-state index contributed by atoms with van der Waals surface area (Å²) in [5, 5.41) is 11.8. The van der Waals surface area contributed by atoms with E-state index in [0.717, 1.165) is 13.0 Å². The van der Waals surface area contributed by atoms with E-state index in [1.165, 1.54) is 0 Å². The molecule has 1 heterocycles. The molecule has 0 saturated carbocycles. The van der Waals surface area contributed by atoms with E-state index >= 15 is 0 Å². The second-order valence-electron chi connectivity index (χ2n) is 2.59. The lowest BCUT2D eigenvalue weighted by Gasteiger charge is -2.04. The molecule has 0 bridgehead atoms. The Kier molecular flexibility index (Phi) is 2.56. The number of rotatable bonds is 2. The number of hydrogen-bond acceptors (Lipinski definition) is 3. The van der Waals surface area contributed by atoms with E-state index < -0.39 is 5.97 Å². The van der Waals surface area contributed by atoms with Crippen LogP contribution in [-0.4, -0.2) is 28.9 Å². The Morgan fingerprint density at radius 3 is 2.90 bits per heavy atom. The number of aliphatic carboxylic acids is 1. The molecule has 0 radical (unpaired) electrons. The summed E-state index contributed by atoms with van der Waals surface area (Å²) >= 11 is 4.22. The van der Waals surface area contributed by atoms with Gasteiger partial charge in [-0.1, -0.05) is 0 Å². The largest absolute Gasteiger partial charge is 0.481 e. The fourth-order valence-electron chi connectivity index (χ4n) is 1.16. The number of carboxylic acid groups (broad SMARTS) is 1. The average Bonchev–Trinajstić information content (AvgIpc) is 2.13. The molecule has 0 amide bonds. The summed E-state index contributed by atoms with van der Waals surface area (Å²) in [6.45, 7) is 0.834. The maximum Gasteiger partial charge on any atom is 0.304 e. The molecule has 1 rings (SSSR count). The molecule has 3 nitrogen and oxygen atoms in total. The molecule has 1 saturated heterocycles. The van der Waals surface area contributed by atoms with Crippen LogP contribution in [0.5, 0.6) is 0 Å². The highest BCUT2D eigenvalue weighted by Crippen LogP contribution is 2.13. The van der Waals surface area contributed by atoms with Crippen LogP contribution in [0.25, 0.3) is 0 Å². The van der Waals surface area contributed by atoms with Crippen molar-refractivity contribution in [3.8, 4) is 0 Å². The van der Waals surface area contributed by atoms with Crippen molar-refractivity contribution in [3.63, 3.8) is 0 Å².